The predicted molar refractivity (Wildman–Crippen MR) is 126 cm³/mol. The van der Waals surface area contributed by atoms with Crippen molar-refractivity contribution in [2.45, 2.75) is 25.8 Å². The first kappa shape index (κ1) is 22.9. The number of unbranched alkanes of at least 4 members (excludes halogenated alkanes) is 2. The zero-order chi connectivity index (χ0) is 23.2. The molecule has 9 nitrogen and oxygen atoms in total. The Kier molecular flexibility index (Phi) is 7.31. The van der Waals surface area contributed by atoms with E-state index in [0.29, 0.717) is 44.9 Å². The van der Waals surface area contributed by atoms with Gasteiger partial charge in [0.05, 0.1) is 54.1 Å². The standard InChI is InChI=1S/C22H21Cl2N5O4/c1-31-18-6-5-14-17(28-20-15(23)12-25-13-16(20)24)11-19(30)33-21(14)22(18)32-10-4-2-3-9-29-26-7-8-27-29/h5-8,11-13H,2-4,9-10H2,1H3,(H,25,28). The van der Waals surface area contributed by atoms with E-state index in [2.05, 4.69) is 20.5 Å². The van der Waals surface area contributed by atoms with E-state index in [0.717, 1.165) is 25.8 Å². The van der Waals surface area contributed by atoms with E-state index in [9.17, 15) is 4.79 Å². The molecule has 0 bridgehead atoms. The van der Waals surface area contributed by atoms with E-state index in [1.165, 1.54) is 25.6 Å². The van der Waals surface area contributed by atoms with E-state index in [-0.39, 0.29) is 5.58 Å². The van der Waals surface area contributed by atoms with E-state index in [4.69, 9.17) is 37.1 Å². The number of halogens is 2. The number of benzene rings is 1. The lowest BCUT2D eigenvalue weighted by Gasteiger charge is -2.15. The van der Waals surface area contributed by atoms with Crippen molar-refractivity contribution in [3.8, 4) is 11.5 Å². The van der Waals surface area contributed by atoms with Gasteiger partial charge in [-0.1, -0.05) is 23.2 Å². The molecule has 0 aliphatic heterocycles. The molecule has 0 atom stereocenters. The van der Waals surface area contributed by atoms with Crippen LogP contribution in [0.5, 0.6) is 11.5 Å². The SMILES string of the molecule is COc1ccc2c(Nc3c(Cl)cncc3Cl)cc(=O)oc2c1OCCCCCn1nccn1. The van der Waals surface area contributed by atoms with Crippen molar-refractivity contribution in [3.05, 3.63) is 63.5 Å². The molecule has 0 fully saturated rings. The Morgan fingerprint density at radius 1 is 1.09 bits per heavy atom. The number of anilines is 2. The van der Waals surface area contributed by atoms with Crippen molar-refractivity contribution < 1.29 is 13.9 Å². The van der Waals surface area contributed by atoms with Crippen LogP contribution in [-0.2, 0) is 6.54 Å². The van der Waals surface area contributed by atoms with Gasteiger partial charge in [-0.3, -0.25) is 4.98 Å². The highest BCUT2D eigenvalue weighted by atomic mass is 35.5. The minimum Gasteiger partial charge on any atom is -0.493 e. The lowest BCUT2D eigenvalue weighted by molar-refractivity contribution is 0.282. The van der Waals surface area contributed by atoms with Crippen molar-refractivity contribution in [1.29, 1.82) is 0 Å². The van der Waals surface area contributed by atoms with E-state index >= 15 is 0 Å². The Hall–Kier alpha value is -3.30. The quantitative estimate of drug-likeness (QED) is 0.242. The molecule has 0 radical (unpaired) electrons. The number of hydrogen-bond donors (Lipinski definition) is 1. The number of aryl methyl sites for hydroxylation is 1. The molecule has 11 heteroatoms. The first-order valence-corrected chi connectivity index (χ1v) is 11.0. The monoisotopic (exact) mass is 489 g/mol. The van der Waals surface area contributed by atoms with Crippen molar-refractivity contribution in [3.63, 3.8) is 0 Å². The first-order chi connectivity index (χ1) is 16.1. The molecular weight excluding hydrogens is 469 g/mol. The van der Waals surface area contributed by atoms with Gasteiger partial charge in [-0.15, -0.1) is 0 Å². The summed E-state index contributed by atoms with van der Waals surface area (Å²) in [7, 11) is 1.53. The minimum atomic E-state index is -0.559. The number of pyridine rings is 1. The van der Waals surface area contributed by atoms with Gasteiger partial charge < -0.3 is 19.2 Å². The average molecular weight is 490 g/mol. The van der Waals surface area contributed by atoms with Crippen LogP contribution in [-0.4, -0.2) is 33.7 Å². The molecule has 0 amide bonds. The summed E-state index contributed by atoms with van der Waals surface area (Å²) < 4.78 is 16.9. The summed E-state index contributed by atoms with van der Waals surface area (Å²) in [4.78, 5) is 17.9. The molecule has 1 aromatic carbocycles. The maximum atomic E-state index is 12.3. The largest absolute Gasteiger partial charge is 0.493 e. The van der Waals surface area contributed by atoms with Crippen LogP contribution in [0.3, 0.4) is 0 Å². The number of nitrogens with one attached hydrogen (secondary N) is 1. The predicted octanol–water partition coefficient (Wildman–Crippen LogP) is 5.09. The van der Waals surface area contributed by atoms with Crippen LogP contribution in [0.2, 0.25) is 10.0 Å². The molecule has 4 aromatic rings. The maximum Gasteiger partial charge on any atom is 0.338 e. The molecule has 33 heavy (non-hydrogen) atoms. The summed E-state index contributed by atoms with van der Waals surface area (Å²) in [6.45, 7) is 1.17. The highest BCUT2D eigenvalue weighted by Gasteiger charge is 2.17. The maximum absolute atomic E-state index is 12.3. The summed E-state index contributed by atoms with van der Waals surface area (Å²) in [5.74, 6) is 0.819. The van der Waals surface area contributed by atoms with Crippen molar-refractivity contribution in [2.24, 2.45) is 0 Å². The fraction of sp³-hybridized carbons (Fsp3) is 0.273. The topological polar surface area (TPSA) is 104 Å². The summed E-state index contributed by atoms with van der Waals surface area (Å²) in [5.41, 5.74) is 0.614. The van der Waals surface area contributed by atoms with E-state index < -0.39 is 5.63 Å². The highest BCUT2D eigenvalue weighted by molar-refractivity contribution is 6.39. The zero-order valence-corrected chi connectivity index (χ0v) is 19.3. The van der Waals surface area contributed by atoms with Gasteiger partial charge in [0, 0.05) is 23.8 Å². The fourth-order valence-corrected chi connectivity index (χ4v) is 3.77. The van der Waals surface area contributed by atoms with E-state index in [1.807, 2.05) is 0 Å². The molecule has 0 aliphatic rings. The number of methoxy groups -OCH3 is 1. The molecule has 0 spiro atoms. The van der Waals surface area contributed by atoms with Crippen LogP contribution < -0.4 is 20.4 Å². The van der Waals surface area contributed by atoms with Crippen LogP contribution in [0.1, 0.15) is 19.3 Å². The lowest BCUT2D eigenvalue weighted by atomic mass is 10.1. The van der Waals surface area contributed by atoms with Gasteiger partial charge in [0.15, 0.2) is 11.3 Å². The Morgan fingerprint density at radius 2 is 1.85 bits per heavy atom. The number of fused-ring (bicyclic) bond motifs is 1. The van der Waals surface area contributed by atoms with Crippen LogP contribution in [0.4, 0.5) is 11.4 Å². The van der Waals surface area contributed by atoms with Crippen molar-refractivity contribution >= 4 is 45.5 Å². The van der Waals surface area contributed by atoms with Gasteiger partial charge in [0.2, 0.25) is 5.75 Å². The molecule has 4 rings (SSSR count). The summed E-state index contributed by atoms with van der Waals surface area (Å²) in [6.07, 6.45) is 8.87. The third kappa shape index (κ3) is 5.37. The lowest BCUT2D eigenvalue weighted by Crippen LogP contribution is -2.06. The highest BCUT2D eigenvalue weighted by Crippen LogP contribution is 2.40. The summed E-state index contributed by atoms with van der Waals surface area (Å²) in [6, 6.07) is 4.85. The molecule has 0 aliphatic carbocycles. The summed E-state index contributed by atoms with van der Waals surface area (Å²) in [5, 5.41) is 12.5. The number of rotatable bonds is 10. The molecule has 0 unspecified atom stereocenters. The van der Waals surface area contributed by atoms with Gasteiger partial charge in [-0.2, -0.15) is 15.0 Å². The second kappa shape index (κ2) is 10.5. The van der Waals surface area contributed by atoms with Gasteiger partial charge in [0.1, 0.15) is 0 Å². The average Bonchev–Trinajstić information content (AvgIpc) is 3.32. The van der Waals surface area contributed by atoms with Gasteiger partial charge in [-0.25, -0.2) is 4.79 Å². The van der Waals surface area contributed by atoms with Crippen LogP contribution >= 0.6 is 23.2 Å². The molecular formula is C22H21Cl2N5O4. The van der Waals surface area contributed by atoms with Crippen LogP contribution in [0.25, 0.3) is 11.0 Å². The minimum absolute atomic E-state index is 0.270. The van der Waals surface area contributed by atoms with Gasteiger partial charge >= 0.3 is 5.63 Å². The Balaban J connectivity index is 1.55. The molecule has 3 aromatic heterocycles. The zero-order valence-electron chi connectivity index (χ0n) is 17.8. The smallest absolute Gasteiger partial charge is 0.338 e. The van der Waals surface area contributed by atoms with Crippen LogP contribution in [0, 0.1) is 0 Å². The number of ether oxygens (including phenoxy) is 2. The second-order valence-corrected chi connectivity index (χ2v) is 7.90. The second-order valence-electron chi connectivity index (χ2n) is 7.09. The first-order valence-electron chi connectivity index (χ1n) is 10.2. The molecule has 0 saturated heterocycles. The number of aromatic nitrogens is 4. The van der Waals surface area contributed by atoms with Crippen molar-refractivity contribution in [1.82, 2.24) is 20.0 Å². The van der Waals surface area contributed by atoms with Crippen molar-refractivity contribution in [2.75, 3.05) is 19.0 Å². The Morgan fingerprint density at radius 3 is 2.58 bits per heavy atom. The third-order valence-corrected chi connectivity index (χ3v) is 5.45. The van der Waals surface area contributed by atoms with Gasteiger partial charge in [-0.05, 0) is 31.4 Å². The molecule has 172 valence electrons. The van der Waals surface area contributed by atoms with E-state index in [1.54, 1.807) is 29.3 Å². The van der Waals surface area contributed by atoms with Gasteiger partial charge in [0.25, 0.3) is 0 Å². The molecule has 1 N–H and O–H groups in total. The molecule has 3 heterocycles. The fourth-order valence-electron chi connectivity index (χ4n) is 3.32. The molecule has 0 saturated carbocycles. The number of hydrogen-bond acceptors (Lipinski definition) is 8. The normalized spacial score (nSPS) is 11.0. The summed E-state index contributed by atoms with van der Waals surface area (Å²) >= 11 is 12.5. The number of nitrogens with zero attached hydrogens (tertiary/aromatic N) is 4. The van der Waals surface area contributed by atoms with Crippen LogP contribution in [0.15, 0.2) is 52.2 Å². The third-order valence-electron chi connectivity index (χ3n) is 4.88. The Labute approximate surface area is 199 Å². The Bertz CT molecular complexity index is 1270.